The SMILES string of the molecule is CC(=O)NC(NC(=S)Nc1cc(Cl)ccc1Cl)C(Cl)(Cl)Cl. The first-order valence-electron chi connectivity index (χ1n) is 5.46. The molecule has 0 bridgehead atoms. The number of benzene rings is 1. The van der Waals surface area contributed by atoms with E-state index in [1.165, 1.54) is 6.92 Å². The molecule has 1 aromatic carbocycles. The van der Waals surface area contributed by atoms with Crippen molar-refractivity contribution in [3.63, 3.8) is 0 Å². The summed E-state index contributed by atoms with van der Waals surface area (Å²) in [7, 11) is 0. The van der Waals surface area contributed by atoms with Crippen LogP contribution in [0.25, 0.3) is 0 Å². The molecule has 0 aliphatic carbocycles. The lowest BCUT2D eigenvalue weighted by Crippen LogP contribution is -2.55. The lowest BCUT2D eigenvalue weighted by molar-refractivity contribution is -0.119. The van der Waals surface area contributed by atoms with Crippen molar-refractivity contribution in [2.45, 2.75) is 16.9 Å². The molecule has 4 nitrogen and oxygen atoms in total. The molecule has 1 atom stereocenters. The molecule has 21 heavy (non-hydrogen) atoms. The highest BCUT2D eigenvalue weighted by Crippen LogP contribution is 2.29. The number of carbonyl (C=O) groups is 1. The van der Waals surface area contributed by atoms with Gasteiger partial charge in [-0.15, -0.1) is 0 Å². The van der Waals surface area contributed by atoms with Crippen LogP contribution in [-0.4, -0.2) is 21.0 Å². The van der Waals surface area contributed by atoms with Crippen LogP contribution in [-0.2, 0) is 4.79 Å². The van der Waals surface area contributed by atoms with E-state index in [4.69, 9.17) is 70.2 Å². The van der Waals surface area contributed by atoms with Crippen molar-refractivity contribution in [2.24, 2.45) is 0 Å². The molecule has 1 aromatic rings. The zero-order valence-corrected chi connectivity index (χ0v) is 15.1. The third-order valence-electron chi connectivity index (χ3n) is 2.13. The van der Waals surface area contributed by atoms with E-state index >= 15 is 0 Å². The maximum atomic E-state index is 11.1. The van der Waals surface area contributed by atoms with Crippen LogP contribution in [0.3, 0.4) is 0 Å². The molecule has 0 spiro atoms. The summed E-state index contributed by atoms with van der Waals surface area (Å²) in [6.07, 6.45) is -1.02. The van der Waals surface area contributed by atoms with Crippen LogP contribution >= 0.6 is 70.2 Å². The Labute approximate surface area is 152 Å². The van der Waals surface area contributed by atoms with E-state index in [2.05, 4.69) is 16.0 Å². The molecule has 0 saturated carbocycles. The first-order chi connectivity index (χ1) is 9.59. The normalized spacial score (nSPS) is 12.5. The van der Waals surface area contributed by atoms with E-state index in [9.17, 15) is 4.79 Å². The lowest BCUT2D eigenvalue weighted by atomic mass is 10.3. The number of hydrogen-bond donors (Lipinski definition) is 3. The van der Waals surface area contributed by atoms with Gasteiger partial charge in [-0.3, -0.25) is 4.79 Å². The summed E-state index contributed by atoms with van der Waals surface area (Å²) in [6.45, 7) is 1.29. The molecule has 10 heteroatoms. The van der Waals surface area contributed by atoms with E-state index in [1.807, 2.05) is 0 Å². The summed E-state index contributed by atoms with van der Waals surface area (Å²) in [6, 6.07) is 4.82. The molecule has 0 saturated heterocycles. The van der Waals surface area contributed by atoms with Crippen molar-refractivity contribution in [2.75, 3.05) is 5.32 Å². The fourth-order valence-corrected chi connectivity index (χ4v) is 2.18. The monoisotopic (exact) mass is 407 g/mol. The van der Waals surface area contributed by atoms with Crippen LogP contribution < -0.4 is 16.0 Å². The topological polar surface area (TPSA) is 53.2 Å². The standard InChI is InChI=1S/C11H10Cl5N3OS/c1-5(20)17-9(11(14,15)16)19-10(21)18-8-4-6(12)2-3-7(8)13/h2-4,9H,1H3,(H,17,20)(H2,18,19,21). The molecule has 0 aliphatic rings. The zero-order chi connectivity index (χ0) is 16.2. The van der Waals surface area contributed by atoms with Crippen molar-refractivity contribution in [3.8, 4) is 0 Å². The average molecular weight is 410 g/mol. The van der Waals surface area contributed by atoms with Crippen LogP contribution in [0.4, 0.5) is 5.69 Å². The number of hydrogen-bond acceptors (Lipinski definition) is 2. The van der Waals surface area contributed by atoms with E-state index in [0.29, 0.717) is 15.7 Å². The first-order valence-corrected chi connectivity index (χ1v) is 7.76. The van der Waals surface area contributed by atoms with Crippen molar-refractivity contribution < 1.29 is 4.79 Å². The van der Waals surface area contributed by atoms with Gasteiger partial charge in [-0.1, -0.05) is 58.0 Å². The fourth-order valence-electron chi connectivity index (χ4n) is 1.29. The average Bonchev–Trinajstić information content (AvgIpc) is 2.31. The van der Waals surface area contributed by atoms with Gasteiger partial charge in [0, 0.05) is 11.9 Å². The van der Waals surface area contributed by atoms with Crippen LogP contribution in [0.15, 0.2) is 18.2 Å². The quantitative estimate of drug-likeness (QED) is 0.400. The molecule has 0 aromatic heterocycles. The van der Waals surface area contributed by atoms with Gasteiger partial charge in [0.15, 0.2) is 5.11 Å². The van der Waals surface area contributed by atoms with Crippen molar-refractivity contribution in [1.29, 1.82) is 0 Å². The zero-order valence-electron chi connectivity index (χ0n) is 10.5. The maximum absolute atomic E-state index is 11.1. The summed E-state index contributed by atoms with van der Waals surface area (Å²) in [5.74, 6) is -0.387. The molecule has 116 valence electrons. The number of alkyl halides is 3. The van der Waals surface area contributed by atoms with Gasteiger partial charge < -0.3 is 16.0 Å². The highest BCUT2D eigenvalue weighted by atomic mass is 35.6. The number of halogens is 5. The number of anilines is 1. The Morgan fingerprint density at radius 3 is 2.38 bits per heavy atom. The predicted octanol–water partition coefficient (Wildman–Crippen LogP) is 4.11. The summed E-state index contributed by atoms with van der Waals surface area (Å²) in [5, 5.41) is 8.90. The van der Waals surface area contributed by atoms with Crippen LogP contribution in [0.2, 0.25) is 10.0 Å². The first kappa shape index (κ1) is 18.9. The fraction of sp³-hybridized carbons (Fsp3) is 0.273. The molecule has 1 amide bonds. The van der Waals surface area contributed by atoms with Gasteiger partial charge in [0.05, 0.1) is 10.7 Å². The van der Waals surface area contributed by atoms with Crippen LogP contribution in [0.1, 0.15) is 6.92 Å². The van der Waals surface area contributed by atoms with Gasteiger partial charge in [0.1, 0.15) is 6.17 Å². The maximum Gasteiger partial charge on any atom is 0.228 e. The third kappa shape index (κ3) is 6.63. The largest absolute Gasteiger partial charge is 0.339 e. The molecular weight excluding hydrogens is 399 g/mol. The van der Waals surface area contributed by atoms with Gasteiger partial charge in [-0.2, -0.15) is 0 Å². The Balaban J connectivity index is 2.78. The molecule has 1 unspecified atom stereocenters. The highest BCUT2D eigenvalue weighted by Gasteiger charge is 2.34. The van der Waals surface area contributed by atoms with E-state index in [-0.39, 0.29) is 11.0 Å². The number of carbonyl (C=O) groups excluding carboxylic acids is 1. The second-order valence-corrected chi connectivity index (χ2v) is 7.52. The summed E-state index contributed by atoms with van der Waals surface area (Å²) in [5.41, 5.74) is 0.479. The smallest absolute Gasteiger partial charge is 0.228 e. The highest BCUT2D eigenvalue weighted by molar-refractivity contribution is 7.80. The van der Waals surface area contributed by atoms with E-state index in [1.54, 1.807) is 18.2 Å². The number of thiocarbonyl (C=S) groups is 1. The minimum atomic E-state index is -1.80. The minimum absolute atomic E-state index is 0.101. The Kier molecular flexibility index (Phi) is 7.10. The van der Waals surface area contributed by atoms with Gasteiger partial charge in [-0.25, -0.2) is 0 Å². The third-order valence-corrected chi connectivity index (χ3v) is 3.57. The molecule has 1 rings (SSSR count). The van der Waals surface area contributed by atoms with Crippen LogP contribution in [0.5, 0.6) is 0 Å². The molecule has 0 heterocycles. The number of amides is 1. The Morgan fingerprint density at radius 1 is 1.24 bits per heavy atom. The van der Waals surface area contributed by atoms with Crippen molar-refractivity contribution >= 4 is 86.9 Å². The van der Waals surface area contributed by atoms with Gasteiger partial charge in [0.25, 0.3) is 0 Å². The minimum Gasteiger partial charge on any atom is -0.339 e. The van der Waals surface area contributed by atoms with Crippen molar-refractivity contribution in [1.82, 2.24) is 10.6 Å². The van der Waals surface area contributed by atoms with E-state index < -0.39 is 9.96 Å². The molecular formula is C11H10Cl5N3OS. The second-order valence-electron chi connectivity index (χ2n) is 3.90. The Morgan fingerprint density at radius 2 is 1.86 bits per heavy atom. The van der Waals surface area contributed by atoms with Crippen molar-refractivity contribution in [3.05, 3.63) is 28.2 Å². The molecule has 0 fully saturated rings. The Bertz CT molecular complexity index is 549. The molecule has 3 N–H and O–H groups in total. The lowest BCUT2D eigenvalue weighted by Gasteiger charge is -2.27. The Hall–Kier alpha value is -0.170. The van der Waals surface area contributed by atoms with Gasteiger partial charge in [0.2, 0.25) is 9.70 Å². The summed E-state index contributed by atoms with van der Waals surface area (Å²) < 4.78 is -1.80. The van der Waals surface area contributed by atoms with E-state index in [0.717, 1.165) is 0 Å². The summed E-state index contributed by atoms with van der Waals surface area (Å²) >= 11 is 34.2. The predicted molar refractivity (Wildman–Crippen MR) is 93.7 cm³/mol. The van der Waals surface area contributed by atoms with Gasteiger partial charge in [-0.05, 0) is 30.4 Å². The molecule has 0 radical (unpaired) electrons. The van der Waals surface area contributed by atoms with Crippen LogP contribution in [0, 0.1) is 0 Å². The number of rotatable bonds is 3. The van der Waals surface area contributed by atoms with Gasteiger partial charge >= 0.3 is 0 Å². The number of nitrogens with one attached hydrogen (secondary N) is 3. The second kappa shape index (κ2) is 7.90. The summed E-state index contributed by atoms with van der Waals surface area (Å²) in [4.78, 5) is 11.1. The molecule has 0 aliphatic heterocycles.